The fourth-order valence-corrected chi connectivity index (χ4v) is 5.30. The molecule has 4 rings (SSSR count). The summed E-state index contributed by atoms with van der Waals surface area (Å²) >= 11 is 3.39. The van der Waals surface area contributed by atoms with Crippen LogP contribution in [0.4, 0.5) is 5.82 Å². The van der Waals surface area contributed by atoms with Gasteiger partial charge >= 0.3 is 5.97 Å². The molecule has 1 saturated heterocycles. The van der Waals surface area contributed by atoms with Gasteiger partial charge in [0.15, 0.2) is 0 Å². The summed E-state index contributed by atoms with van der Waals surface area (Å²) in [6, 6.07) is 11.6. The topological polar surface area (TPSA) is 94.6 Å². The van der Waals surface area contributed by atoms with Crippen LogP contribution in [0.3, 0.4) is 0 Å². The molecule has 0 saturated carbocycles. The lowest BCUT2D eigenvalue weighted by molar-refractivity contribution is -0.138. The van der Waals surface area contributed by atoms with Crippen molar-refractivity contribution in [2.75, 3.05) is 38.0 Å². The van der Waals surface area contributed by atoms with Gasteiger partial charge in [0, 0.05) is 29.8 Å². The fraction of sp³-hybridized carbons (Fsp3) is 0.500. The number of amides is 1. The minimum absolute atomic E-state index is 0.0478. The summed E-state index contributed by atoms with van der Waals surface area (Å²) in [6.07, 6.45) is 6.02. The number of aromatic nitrogens is 1. The van der Waals surface area contributed by atoms with E-state index in [-0.39, 0.29) is 18.4 Å². The molecule has 8 heteroatoms. The Morgan fingerprint density at radius 3 is 2.97 bits per heavy atom. The Kier molecular flexibility index (Phi) is 8.56. The van der Waals surface area contributed by atoms with Gasteiger partial charge in [0.2, 0.25) is 5.91 Å². The zero-order valence-corrected chi connectivity index (χ0v) is 21.0. The number of anilines is 1. The lowest BCUT2D eigenvalue weighted by Crippen LogP contribution is -2.44. The molecule has 1 fully saturated rings. The number of fused-ring (bicyclic) bond motifs is 1. The van der Waals surface area contributed by atoms with E-state index >= 15 is 0 Å². The summed E-state index contributed by atoms with van der Waals surface area (Å²) in [4.78, 5) is 31.8. The number of aryl methyl sites for hydroxylation is 2. The van der Waals surface area contributed by atoms with Gasteiger partial charge in [-0.25, -0.2) is 4.98 Å². The van der Waals surface area contributed by atoms with Gasteiger partial charge in [-0.05, 0) is 80.9 Å². The van der Waals surface area contributed by atoms with Crippen LogP contribution in [0, 0.1) is 5.92 Å². The number of carbonyl (C=O) groups excluding carboxylic acids is 1. The van der Waals surface area contributed by atoms with E-state index < -0.39 is 11.9 Å². The molecular formula is C26H33BrN4O3. The van der Waals surface area contributed by atoms with E-state index in [1.54, 1.807) is 12.1 Å². The van der Waals surface area contributed by atoms with Crippen LogP contribution in [-0.4, -0.2) is 59.6 Å². The number of benzene rings is 1. The summed E-state index contributed by atoms with van der Waals surface area (Å²) in [6.45, 7) is 3.75. The Balaban J connectivity index is 1.24. The maximum atomic E-state index is 12.8. The van der Waals surface area contributed by atoms with Crippen molar-refractivity contribution < 1.29 is 14.7 Å². The van der Waals surface area contributed by atoms with E-state index in [2.05, 4.69) is 43.6 Å². The molecule has 0 unspecified atom stereocenters. The molecule has 1 aromatic carbocycles. The standard InChI is InChI=1S/C26H33BrN4O3/c27-21-8-1-5-19(15-21)23(26(33)34)16-29-25(32)20-7-3-13-31(17-20)14-4-9-22-11-10-18-6-2-12-28-24(18)30-22/h1,5,8,10-11,15,20,23H,2-4,6-7,9,12-14,16-17H2,(H,28,30)(H,29,32)(H,33,34)/t20-,23+/m1/s1. The average molecular weight is 529 g/mol. The van der Waals surface area contributed by atoms with Crippen LogP contribution in [0.2, 0.25) is 0 Å². The number of rotatable bonds is 9. The molecule has 1 aromatic heterocycles. The third-order valence-corrected chi connectivity index (χ3v) is 7.26. The highest BCUT2D eigenvalue weighted by Gasteiger charge is 2.27. The SMILES string of the molecule is O=C(NC[C@H](C(=O)O)c1cccc(Br)c1)[C@@H]1CCCN(CCCc2ccc3c(n2)NCCC3)C1. The van der Waals surface area contributed by atoms with E-state index in [1.165, 1.54) is 12.0 Å². The van der Waals surface area contributed by atoms with Crippen molar-refractivity contribution in [2.45, 2.75) is 44.4 Å². The van der Waals surface area contributed by atoms with Gasteiger partial charge in [0.1, 0.15) is 5.82 Å². The molecule has 0 radical (unpaired) electrons. The molecule has 3 N–H and O–H groups in total. The van der Waals surface area contributed by atoms with E-state index in [9.17, 15) is 14.7 Å². The molecule has 7 nitrogen and oxygen atoms in total. The van der Waals surface area contributed by atoms with E-state index in [1.807, 2.05) is 12.1 Å². The lowest BCUT2D eigenvalue weighted by atomic mass is 9.95. The largest absolute Gasteiger partial charge is 0.481 e. The number of pyridine rings is 1. The quantitative estimate of drug-likeness (QED) is 0.457. The molecule has 0 spiro atoms. The highest BCUT2D eigenvalue weighted by atomic mass is 79.9. The Morgan fingerprint density at radius 2 is 2.15 bits per heavy atom. The smallest absolute Gasteiger partial charge is 0.312 e. The van der Waals surface area contributed by atoms with Gasteiger partial charge in [-0.1, -0.05) is 34.1 Å². The van der Waals surface area contributed by atoms with Gasteiger partial charge in [0.25, 0.3) is 0 Å². The van der Waals surface area contributed by atoms with Gasteiger partial charge in [-0.3, -0.25) is 9.59 Å². The van der Waals surface area contributed by atoms with Crippen LogP contribution in [0.5, 0.6) is 0 Å². The van der Waals surface area contributed by atoms with Crippen LogP contribution in [-0.2, 0) is 22.4 Å². The van der Waals surface area contributed by atoms with Crippen LogP contribution >= 0.6 is 15.9 Å². The second-order valence-electron chi connectivity index (χ2n) is 9.27. The Morgan fingerprint density at radius 1 is 1.26 bits per heavy atom. The molecule has 34 heavy (non-hydrogen) atoms. The summed E-state index contributed by atoms with van der Waals surface area (Å²) < 4.78 is 0.826. The molecule has 2 aromatic rings. The van der Waals surface area contributed by atoms with Crippen LogP contribution < -0.4 is 10.6 Å². The van der Waals surface area contributed by atoms with Crippen molar-refractivity contribution in [3.63, 3.8) is 0 Å². The van der Waals surface area contributed by atoms with Crippen molar-refractivity contribution in [2.24, 2.45) is 5.92 Å². The summed E-state index contributed by atoms with van der Waals surface area (Å²) in [5, 5.41) is 16.0. The molecule has 0 bridgehead atoms. The normalized spacial score (nSPS) is 19.0. The predicted octanol–water partition coefficient (Wildman–Crippen LogP) is 3.83. The number of aliphatic carboxylic acids is 1. The minimum Gasteiger partial charge on any atom is -0.481 e. The zero-order chi connectivity index (χ0) is 23.9. The number of hydrogen-bond donors (Lipinski definition) is 3. The van der Waals surface area contributed by atoms with Crippen LogP contribution in [0.15, 0.2) is 40.9 Å². The second kappa shape index (κ2) is 11.8. The summed E-state index contributed by atoms with van der Waals surface area (Å²) in [5.74, 6) is -0.805. The number of hydrogen-bond acceptors (Lipinski definition) is 5. The highest BCUT2D eigenvalue weighted by Crippen LogP contribution is 2.22. The fourth-order valence-electron chi connectivity index (χ4n) is 4.88. The number of halogens is 1. The second-order valence-corrected chi connectivity index (χ2v) is 10.2. The van der Waals surface area contributed by atoms with E-state index in [4.69, 9.17) is 4.98 Å². The number of piperidine rings is 1. The first-order valence-electron chi connectivity index (χ1n) is 12.2. The first kappa shape index (κ1) is 24.7. The maximum Gasteiger partial charge on any atom is 0.312 e. The minimum atomic E-state index is -0.936. The first-order valence-corrected chi connectivity index (χ1v) is 13.0. The highest BCUT2D eigenvalue weighted by molar-refractivity contribution is 9.10. The summed E-state index contributed by atoms with van der Waals surface area (Å²) in [5.41, 5.74) is 3.11. The predicted molar refractivity (Wildman–Crippen MR) is 136 cm³/mol. The first-order chi connectivity index (χ1) is 16.5. The lowest BCUT2D eigenvalue weighted by Gasteiger charge is -2.32. The third-order valence-electron chi connectivity index (χ3n) is 6.76. The maximum absolute atomic E-state index is 12.8. The third kappa shape index (κ3) is 6.57. The number of carbonyl (C=O) groups is 2. The molecule has 2 aliphatic heterocycles. The molecule has 2 aliphatic rings. The Hall–Kier alpha value is -2.45. The van der Waals surface area contributed by atoms with Crippen molar-refractivity contribution in [3.8, 4) is 0 Å². The van der Waals surface area contributed by atoms with Crippen LogP contribution in [0.25, 0.3) is 0 Å². The van der Waals surface area contributed by atoms with Crippen molar-refractivity contribution in [1.82, 2.24) is 15.2 Å². The van der Waals surface area contributed by atoms with Gasteiger partial charge in [-0.15, -0.1) is 0 Å². The van der Waals surface area contributed by atoms with Crippen molar-refractivity contribution >= 4 is 33.6 Å². The number of likely N-dealkylation sites (tertiary alicyclic amines) is 1. The van der Waals surface area contributed by atoms with Gasteiger partial charge in [-0.2, -0.15) is 0 Å². The summed E-state index contributed by atoms with van der Waals surface area (Å²) in [7, 11) is 0. The van der Waals surface area contributed by atoms with Gasteiger partial charge < -0.3 is 20.6 Å². The zero-order valence-electron chi connectivity index (χ0n) is 19.4. The van der Waals surface area contributed by atoms with Crippen molar-refractivity contribution in [3.05, 3.63) is 57.7 Å². The van der Waals surface area contributed by atoms with E-state index in [0.717, 1.165) is 74.3 Å². The number of carboxylic acids is 1. The Bertz CT molecular complexity index is 1020. The molecule has 2 atom stereocenters. The van der Waals surface area contributed by atoms with Gasteiger partial charge in [0.05, 0.1) is 11.8 Å². The molecular weight excluding hydrogens is 496 g/mol. The number of nitrogens with zero attached hydrogens (tertiary/aromatic N) is 2. The number of nitrogens with one attached hydrogen (secondary N) is 2. The monoisotopic (exact) mass is 528 g/mol. The molecule has 0 aliphatic carbocycles. The average Bonchev–Trinajstić information content (AvgIpc) is 2.84. The molecule has 1 amide bonds. The molecule has 182 valence electrons. The number of carboxylic acid groups (broad SMARTS) is 1. The molecule has 3 heterocycles. The van der Waals surface area contributed by atoms with Crippen LogP contribution in [0.1, 0.15) is 48.4 Å². The van der Waals surface area contributed by atoms with Crippen molar-refractivity contribution in [1.29, 1.82) is 0 Å². The van der Waals surface area contributed by atoms with E-state index in [0.29, 0.717) is 5.56 Å². The Labute approximate surface area is 209 Å².